The molecule has 0 unspecified atom stereocenters. The Bertz CT molecular complexity index is 1230. The number of allylic oxidation sites excluding steroid dienone is 3. The SMILES string of the molecule is CC(Cl)=CCn1c(NN=C(C)C=Cc2ccccc2)nc2c1c(=O)[nH]c(=O)n2C. The quantitative estimate of drug-likeness (QED) is 0.480. The highest BCUT2D eigenvalue weighted by molar-refractivity contribution is 6.29. The molecule has 0 radical (unpaired) electrons. The van der Waals surface area contributed by atoms with Gasteiger partial charge in [-0.3, -0.25) is 18.9 Å². The molecule has 0 aliphatic carbocycles. The number of hydrogen-bond donors (Lipinski definition) is 2. The minimum atomic E-state index is -0.534. The maximum Gasteiger partial charge on any atom is 0.329 e. The van der Waals surface area contributed by atoms with Crippen LogP contribution in [0.5, 0.6) is 0 Å². The molecule has 9 heteroatoms. The molecule has 2 heterocycles. The molecule has 3 rings (SSSR count). The van der Waals surface area contributed by atoms with Gasteiger partial charge in [0.2, 0.25) is 5.95 Å². The first-order valence-electron chi connectivity index (χ1n) is 8.92. The normalized spacial score (nSPS) is 12.8. The van der Waals surface area contributed by atoms with Crippen molar-refractivity contribution in [3.8, 4) is 0 Å². The number of rotatable bonds is 6. The average Bonchev–Trinajstić information content (AvgIpc) is 3.07. The number of hydrogen-bond acceptors (Lipinski definition) is 5. The molecule has 0 saturated heterocycles. The monoisotopic (exact) mass is 412 g/mol. The van der Waals surface area contributed by atoms with Crippen LogP contribution >= 0.6 is 11.6 Å². The summed E-state index contributed by atoms with van der Waals surface area (Å²) in [5.74, 6) is 0.327. The lowest BCUT2D eigenvalue weighted by atomic mass is 10.2. The van der Waals surface area contributed by atoms with Gasteiger partial charge >= 0.3 is 5.69 Å². The van der Waals surface area contributed by atoms with E-state index in [1.54, 1.807) is 24.6 Å². The van der Waals surface area contributed by atoms with Crippen molar-refractivity contribution >= 4 is 40.5 Å². The molecule has 1 aromatic carbocycles. The lowest BCUT2D eigenvalue weighted by molar-refractivity contribution is 0.818. The average molecular weight is 413 g/mol. The standard InChI is InChI=1S/C20H21ClN6O2/c1-13(21)11-12-27-16-17(26(3)20(29)23-18(16)28)22-19(27)25-24-14(2)9-10-15-7-5-4-6-8-15/h4-11H,12H2,1-3H3,(H,22,25)(H,23,28,29). The Balaban J connectivity index is 1.98. The van der Waals surface area contributed by atoms with Gasteiger partial charge in [-0.05, 0) is 25.5 Å². The zero-order chi connectivity index (χ0) is 21.0. The zero-order valence-corrected chi connectivity index (χ0v) is 17.1. The van der Waals surface area contributed by atoms with Crippen LogP contribution in [0.2, 0.25) is 0 Å². The van der Waals surface area contributed by atoms with Crippen molar-refractivity contribution in [2.75, 3.05) is 5.43 Å². The number of aromatic amines is 1. The summed E-state index contributed by atoms with van der Waals surface area (Å²) < 4.78 is 2.90. The van der Waals surface area contributed by atoms with Crippen LogP contribution in [0.1, 0.15) is 19.4 Å². The number of aryl methyl sites for hydroxylation is 1. The van der Waals surface area contributed by atoms with E-state index in [-0.39, 0.29) is 11.2 Å². The highest BCUT2D eigenvalue weighted by Gasteiger charge is 2.16. The van der Waals surface area contributed by atoms with E-state index in [2.05, 4.69) is 20.5 Å². The summed E-state index contributed by atoms with van der Waals surface area (Å²) in [6.07, 6.45) is 5.54. The summed E-state index contributed by atoms with van der Waals surface area (Å²) in [4.78, 5) is 30.9. The third-order valence-corrected chi connectivity index (χ3v) is 4.37. The summed E-state index contributed by atoms with van der Waals surface area (Å²) in [6, 6.07) is 9.85. The zero-order valence-electron chi connectivity index (χ0n) is 16.3. The molecule has 2 aromatic heterocycles. The van der Waals surface area contributed by atoms with Crippen LogP contribution < -0.4 is 16.7 Å². The third kappa shape index (κ3) is 4.72. The molecule has 8 nitrogen and oxygen atoms in total. The van der Waals surface area contributed by atoms with Crippen LogP contribution in [0.15, 0.2) is 62.2 Å². The molecule has 0 bridgehead atoms. The summed E-state index contributed by atoms with van der Waals surface area (Å²) in [5.41, 5.74) is 4.11. The van der Waals surface area contributed by atoms with E-state index in [4.69, 9.17) is 11.6 Å². The number of nitrogens with zero attached hydrogens (tertiary/aromatic N) is 4. The second kappa shape index (κ2) is 8.74. The lowest BCUT2D eigenvalue weighted by Crippen LogP contribution is -2.29. The molecule has 2 N–H and O–H groups in total. The molecule has 3 aromatic rings. The van der Waals surface area contributed by atoms with Crippen LogP contribution in [0.4, 0.5) is 5.95 Å². The topological polar surface area (TPSA) is 97.1 Å². The van der Waals surface area contributed by atoms with Crippen molar-refractivity contribution < 1.29 is 0 Å². The van der Waals surface area contributed by atoms with Gasteiger partial charge in [-0.1, -0.05) is 54.1 Å². The van der Waals surface area contributed by atoms with Gasteiger partial charge in [0.15, 0.2) is 11.2 Å². The minimum absolute atomic E-state index is 0.259. The Labute approximate surface area is 171 Å². The fourth-order valence-electron chi connectivity index (χ4n) is 2.67. The first-order chi connectivity index (χ1) is 13.9. The maximum atomic E-state index is 12.4. The van der Waals surface area contributed by atoms with Crippen molar-refractivity contribution in [1.82, 2.24) is 19.1 Å². The van der Waals surface area contributed by atoms with E-state index in [0.717, 1.165) is 5.56 Å². The van der Waals surface area contributed by atoms with E-state index in [9.17, 15) is 9.59 Å². The fourth-order valence-corrected chi connectivity index (χ4v) is 2.74. The number of imidazole rings is 1. The van der Waals surface area contributed by atoms with E-state index in [1.165, 1.54) is 4.57 Å². The number of halogens is 1. The van der Waals surface area contributed by atoms with Crippen LogP contribution in [0.25, 0.3) is 17.2 Å². The third-order valence-electron chi connectivity index (χ3n) is 4.21. The Morgan fingerprint density at radius 3 is 2.69 bits per heavy atom. The highest BCUT2D eigenvalue weighted by Crippen LogP contribution is 2.16. The van der Waals surface area contributed by atoms with E-state index < -0.39 is 11.2 Å². The second-order valence-corrected chi connectivity index (χ2v) is 7.03. The molecule has 0 saturated carbocycles. The molecule has 0 spiro atoms. The number of nitrogens with one attached hydrogen (secondary N) is 2. The molecule has 29 heavy (non-hydrogen) atoms. The summed E-state index contributed by atoms with van der Waals surface area (Å²) in [7, 11) is 1.54. The van der Waals surface area contributed by atoms with Crippen LogP contribution in [0, 0.1) is 0 Å². The van der Waals surface area contributed by atoms with E-state index >= 15 is 0 Å². The molecule has 150 valence electrons. The van der Waals surface area contributed by atoms with Gasteiger partial charge in [0.05, 0.1) is 5.71 Å². The first kappa shape index (κ1) is 20.3. The number of anilines is 1. The lowest BCUT2D eigenvalue weighted by Gasteiger charge is -2.05. The van der Waals surface area contributed by atoms with Crippen molar-refractivity contribution in [3.05, 3.63) is 73.9 Å². The molecule has 0 amide bonds. The van der Waals surface area contributed by atoms with E-state index in [1.807, 2.05) is 49.4 Å². The number of H-pyrrole nitrogens is 1. The van der Waals surface area contributed by atoms with Gasteiger partial charge in [-0.25, -0.2) is 10.2 Å². The van der Waals surface area contributed by atoms with Gasteiger partial charge in [0, 0.05) is 18.6 Å². The number of hydrazone groups is 1. The largest absolute Gasteiger partial charge is 0.329 e. The molecular weight excluding hydrogens is 392 g/mol. The number of fused-ring (bicyclic) bond motifs is 1. The Morgan fingerprint density at radius 2 is 2.00 bits per heavy atom. The molecule has 0 aliphatic rings. The maximum absolute atomic E-state index is 12.4. The predicted molar refractivity (Wildman–Crippen MR) is 117 cm³/mol. The molecular formula is C20H21ClN6O2. The Morgan fingerprint density at radius 1 is 1.28 bits per heavy atom. The van der Waals surface area contributed by atoms with Crippen molar-refractivity contribution in [2.45, 2.75) is 20.4 Å². The van der Waals surface area contributed by atoms with Crippen molar-refractivity contribution in [3.63, 3.8) is 0 Å². The molecule has 0 aliphatic heterocycles. The summed E-state index contributed by atoms with van der Waals surface area (Å²) in [6.45, 7) is 3.87. The molecule has 0 fully saturated rings. The minimum Gasteiger partial charge on any atom is -0.299 e. The summed E-state index contributed by atoms with van der Waals surface area (Å²) >= 11 is 5.95. The highest BCUT2D eigenvalue weighted by atomic mass is 35.5. The smallest absolute Gasteiger partial charge is 0.299 e. The van der Waals surface area contributed by atoms with Gasteiger partial charge in [-0.15, -0.1) is 0 Å². The number of aromatic nitrogens is 4. The summed E-state index contributed by atoms with van der Waals surface area (Å²) in [5, 5.41) is 4.89. The van der Waals surface area contributed by atoms with Crippen LogP contribution in [0.3, 0.4) is 0 Å². The van der Waals surface area contributed by atoms with E-state index in [0.29, 0.717) is 23.2 Å². The molecule has 0 atom stereocenters. The van der Waals surface area contributed by atoms with Gasteiger partial charge < -0.3 is 0 Å². The van der Waals surface area contributed by atoms with Crippen molar-refractivity contribution in [2.24, 2.45) is 12.1 Å². The predicted octanol–water partition coefficient (Wildman–Crippen LogP) is 3.07. The number of benzene rings is 1. The Hall–Kier alpha value is -3.39. The Kier molecular flexibility index (Phi) is 6.13. The fraction of sp³-hybridized carbons (Fsp3) is 0.200. The first-order valence-corrected chi connectivity index (χ1v) is 9.30. The van der Waals surface area contributed by atoms with Gasteiger partial charge in [-0.2, -0.15) is 10.1 Å². The van der Waals surface area contributed by atoms with Gasteiger partial charge in [0.25, 0.3) is 5.56 Å². The van der Waals surface area contributed by atoms with Crippen molar-refractivity contribution in [1.29, 1.82) is 0 Å². The van der Waals surface area contributed by atoms with Crippen LogP contribution in [-0.4, -0.2) is 24.8 Å². The second-order valence-electron chi connectivity index (χ2n) is 6.44. The van der Waals surface area contributed by atoms with Crippen LogP contribution in [-0.2, 0) is 13.6 Å². The van der Waals surface area contributed by atoms with Gasteiger partial charge in [0.1, 0.15) is 0 Å².